The van der Waals surface area contributed by atoms with Gasteiger partial charge in [0.1, 0.15) is 0 Å². The molecule has 0 N–H and O–H groups in total. The first kappa shape index (κ1) is 10.9. The average molecular weight is 314 g/mol. The van der Waals surface area contributed by atoms with E-state index in [4.69, 9.17) is 0 Å². The van der Waals surface area contributed by atoms with Gasteiger partial charge in [0.05, 0.1) is 0 Å². The van der Waals surface area contributed by atoms with E-state index in [1.54, 1.807) is 0 Å². The number of rotatable bonds is 3. The third kappa shape index (κ3) is 2.33. The van der Waals surface area contributed by atoms with E-state index < -0.39 is 20.9 Å². The molecule has 0 amide bonds. The van der Waals surface area contributed by atoms with Gasteiger partial charge >= 0.3 is 101 Å². The molecule has 0 fully saturated rings. The third-order valence-corrected chi connectivity index (χ3v) is 5.39. The van der Waals surface area contributed by atoms with Crippen LogP contribution in [0, 0.1) is 0 Å². The summed E-state index contributed by atoms with van der Waals surface area (Å²) < 4.78 is 1.76. The molecule has 0 aliphatic carbocycles. The molecule has 1 aromatic rings. The van der Waals surface area contributed by atoms with Crippen LogP contribution < -0.4 is 0 Å². The van der Waals surface area contributed by atoms with Crippen molar-refractivity contribution < 1.29 is 4.79 Å². The van der Waals surface area contributed by atoms with Gasteiger partial charge < -0.3 is 0 Å². The molecule has 0 atom stereocenters. The number of fused-ring (bicyclic) bond motifs is 1. The van der Waals surface area contributed by atoms with Crippen molar-refractivity contribution in [1.29, 1.82) is 0 Å². The van der Waals surface area contributed by atoms with E-state index in [0.717, 1.165) is 12.0 Å². The van der Waals surface area contributed by atoms with Gasteiger partial charge in [-0.15, -0.1) is 0 Å². The van der Waals surface area contributed by atoms with Gasteiger partial charge in [0.25, 0.3) is 0 Å². The van der Waals surface area contributed by atoms with Gasteiger partial charge in [-0.1, -0.05) is 0 Å². The van der Waals surface area contributed by atoms with Crippen LogP contribution in [0.25, 0.3) is 3.62 Å². The van der Waals surface area contributed by atoms with Crippen LogP contribution in [0.1, 0.15) is 42.1 Å². The summed E-state index contributed by atoms with van der Waals surface area (Å²) in [5.41, 5.74) is 2.17. The molecule has 1 aliphatic heterocycles. The molecule has 0 unspecified atom stereocenters. The van der Waals surface area contributed by atoms with Gasteiger partial charge in [0.15, 0.2) is 0 Å². The van der Waals surface area contributed by atoms with Crippen LogP contribution in [0.15, 0.2) is 30.3 Å². The number of benzene rings is 1. The summed E-state index contributed by atoms with van der Waals surface area (Å²) in [6.45, 7) is 2.20. The standard InChI is InChI=1S/C13H14OTe/c1-2-3-4-9-12-10-7-5-6-8-11(10)13(14)15-12/h5-9H,2-4H2,1H3/b12-9+. The summed E-state index contributed by atoms with van der Waals surface area (Å²) in [5.74, 6) is 0. The second-order valence-corrected chi connectivity index (χ2v) is 6.54. The third-order valence-electron chi connectivity index (χ3n) is 2.50. The van der Waals surface area contributed by atoms with Gasteiger partial charge in [0.2, 0.25) is 0 Å². The fourth-order valence-electron chi connectivity index (χ4n) is 1.67. The van der Waals surface area contributed by atoms with Crippen molar-refractivity contribution in [2.24, 2.45) is 0 Å². The Hall–Kier alpha value is -0.580. The van der Waals surface area contributed by atoms with Crippen molar-refractivity contribution in [3.63, 3.8) is 0 Å². The van der Waals surface area contributed by atoms with Gasteiger partial charge in [-0.3, -0.25) is 0 Å². The first-order valence-corrected chi connectivity index (χ1v) is 7.67. The maximum atomic E-state index is 11.7. The Bertz CT molecular complexity index is 407. The molecule has 1 aromatic carbocycles. The van der Waals surface area contributed by atoms with Crippen molar-refractivity contribution in [2.75, 3.05) is 0 Å². The van der Waals surface area contributed by atoms with E-state index in [2.05, 4.69) is 19.1 Å². The fourth-order valence-corrected chi connectivity index (χ4v) is 4.46. The van der Waals surface area contributed by atoms with Crippen molar-refractivity contribution in [3.05, 3.63) is 41.5 Å². The van der Waals surface area contributed by atoms with E-state index in [9.17, 15) is 4.79 Å². The van der Waals surface area contributed by atoms with Crippen LogP contribution in [-0.4, -0.2) is 24.8 Å². The van der Waals surface area contributed by atoms with Crippen molar-refractivity contribution >= 4 is 28.4 Å². The van der Waals surface area contributed by atoms with E-state index in [0.29, 0.717) is 3.83 Å². The number of unbranched alkanes of at least 4 members (excludes halogenated alkanes) is 2. The van der Waals surface area contributed by atoms with Gasteiger partial charge in [-0.2, -0.15) is 0 Å². The molecule has 0 saturated carbocycles. The Kier molecular flexibility index (Phi) is 3.61. The SMILES string of the molecule is CCCC/C=C1/[Te]C(=O)c2ccccc21. The molecule has 2 rings (SSSR count). The molecular weight excluding hydrogens is 300 g/mol. The number of hydrogen-bond acceptors (Lipinski definition) is 1. The Morgan fingerprint density at radius 2 is 2.00 bits per heavy atom. The van der Waals surface area contributed by atoms with Crippen molar-refractivity contribution in [1.82, 2.24) is 0 Å². The topological polar surface area (TPSA) is 17.1 Å². The second kappa shape index (κ2) is 4.96. The second-order valence-electron chi connectivity index (χ2n) is 3.65. The Labute approximate surface area is 101 Å². The van der Waals surface area contributed by atoms with Crippen molar-refractivity contribution in [3.8, 4) is 0 Å². The number of allylic oxidation sites excluding steroid dienone is 1. The molecule has 0 aromatic heterocycles. The van der Waals surface area contributed by atoms with Crippen LogP contribution in [0.4, 0.5) is 0 Å². The van der Waals surface area contributed by atoms with Gasteiger partial charge in [-0.05, 0) is 0 Å². The Morgan fingerprint density at radius 3 is 2.73 bits per heavy atom. The molecule has 0 spiro atoms. The molecule has 15 heavy (non-hydrogen) atoms. The molecule has 1 nitrogen and oxygen atoms in total. The zero-order valence-corrected chi connectivity index (χ0v) is 11.2. The Balaban J connectivity index is 2.24. The summed E-state index contributed by atoms with van der Waals surface area (Å²) >= 11 is -0.596. The van der Waals surface area contributed by atoms with E-state index in [1.807, 2.05) is 18.2 Å². The molecule has 78 valence electrons. The normalized spacial score (nSPS) is 17.1. The first-order valence-electron chi connectivity index (χ1n) is 5.34. The number of carbonyl (C=O) groups is 1. The predicted molar refractivity (Wildman–Crippen MR) is 64.0 cm³/mol. The van der Waals surface area contributed by atoms with Gasteiger partial charge in [-0.25, -0.2) is 0 Å². The maximum absolute atomic E-state index is 11.7. The van der Waals surface area contributed by atoms with E-state index in [1.165, 1.54) is 22.0 Å². The minimum atomic E-state index is -0.596. The van der Waals surface area contributed by atoms with Crippen molar-refractivity contribution in [2.45, 2.75) is 26.2 Å². The monoisotopic (exact) mass is 316 g/mol. The Morgan fingerprint density at radius 1 is 1.27 bits per heavy atom. The number of hydrogen-bond donors (Lipinski definition) is 0. The summed E-state index contributed by atoms with van der Waals surface area (Å²) in [5, 5.41) is 0. The average Bonchev–Trinajstić information content (AvgIpc) is 2.58. The summed E-state index contributed by atoms with van der Waals surface area (Å²) in [6, 6.07) is 8.03. The molecule has 0 bridgehead atoms. The fraction of sp³-hybridized carbons (Fsp3) is 0.308. The summed E-state index contributed by atoms with van der Waals surface area (Å²) in [4.78, 5) is 11.7. The zero-order chi connectivity index (χ0) is 10.7. The molecule has 2 heteroatoms. The molecular formula is C13H14OTe. The quantitative estimate of drug-likeness (QED) is 0.619. The molecule has 1 aliphatic rings. The van der Waals surface area contributed by atoms with E-state index in [-0.39, 0.29) is 0 Å². The zero-order valence-electron chi connectivity index (χ0n) is 8.82. The van der Waals surface area contributed by atoms with Crippen LogP contribution in [0.2, 0.25) is 0 Å². The number of carbonyl (C=O) groups excluding carboxylic acids is 1. The van der Waals surface area contributed by atoms with Crippen LogP contribution in [0.3, 0.4) is 0 Å². The van der Waals surface area contributed by atoms with E-state index >= 15 is 0 Å². The first-order chi connectivity index (χ1) is 7.33. The van der Waals surface area contributed by atoms with Crippen LogP contribution in [0.5, 0.6) is 0 Å². The van der Waals surface area contributed by atoms with Crippen LogP contribution in [-0.2, 0) is 0 Å². The predicted octanol–water partition coefficient (Wildman–Crippen LogP) is 3.08. The molecule has 0 radical (unpaired) electrons. The minimum absolute atomic E-state index is 0.402. The summed E-state index contributed by atoms with van der Waals surface area (Å²) in [6.07, 6.45) is 5.86. The molecule has 0 saturated heterocycles. The molecule has 1 heterocycles. The van der Waals surface area contributed by atoms with Gasteiger partial charge in [0, 0.05) is 0 Å². The van der Waals surface area contributed by atoms with Crippen LogP contribution >= 0.6 is 0 Å². The summed E-state index contributed by atoms with van der Waals surface area (Å²) in [7, 11) is 0.